The molecule has 4 atom stereocenters. The van der Waals surface area contributed by atoms with Gasteiger partial charge in [-0.25, -0.2) is 0 Å². The van der Waals surface area contributed by atoms with E-state index in [1.54, 1.807) is 0 Å². The van der Waals surface area contributed by atoms with Crippen molar-refractivity contribution in [2.45, 2.75) is 51.8 Å². The minimum atomic E-state index is -0.248. The van der Waals surface area contributed by atoms with Gasteiger partial charge in [0.1, 0.15) is 0 Å². The van der Waals surface area contributed by atoms with E-state index >= 15 is 0 Å². The van der Waals surface area contributed by atoms with E-state index in [0.717, 1.165) is 13.1 Å². The molecule has 0 amide bonds. The zero-order valence-corrected chi connectivity index (χ0v) is 9.61. The second-order valence-corrected chi connectivity index (χ2v) is 4.74. The summed E-state index contributed by atoms with van der Waals surface area (Å²) < 4.78 is 0. The first-order valence-electron chi connectivity index (χ1n) is 5.70. The minimum Gasteiger partial charge on any atom is -0.392 e. The molecule has 0 aromatic heterocycles. The number of hydrogen-bond acceptors (Lipinski definition) is 3. The number of hydrogen-bond donors (Lipinski definition) is 2. The molecule has 1 rings (SSSR count). The zero-order valence-electron chi connectivity index (χ0n) is 9.61. The van der Waals surface area contributed by atoms with Crippen molar-refractivity contribution in [2.24, 2.45) is 11.7 Å². The van der Waals surface area contributed by atoms with Crippen molar-refractivity contribution in [1.29, 1.82) is 0 Å². The van der Waals surface area contributed by atoms with E-state index in [0.29, 0.717) is 5.92 Å². The fourth-order valence-corrected chi connectivity index (χ4v) is 2.14. The molecule has 3 heteroatoms. The molecule has 84 valence electrons. The van der Waals surface area contributed by atoms with Crippen LogP contribution in [0.25, 0.3) is 0 Å². The van der Waals surface area contributed by atoms with Crippen LogP contribution in [0.2, 0.25) is 0 Å². The molecule has 1 heterocycles. The molecule has 0 spiro atoms. The van der Waals surface area contributed by atoms with E-state index in [9.17, 15) is 5.11 Å². The third-order valence-electron chi connectivity index (χ3n) is 3.51. The van der Waals surface area contributed by atoms with Gasteiger partial charge in [-0.1, -0.05) is 0 Å². The summed E-state index contributed by atoms with van der Waals surface area (Å²) >= 11 is 0. The molecule has 0 aliphatic carbocycles. The highest BCUT2D eigenvalue weighted by Crippen LogP contribution is 2.21. The first-order valence-corrected chi connectivity index (χ1v) is 5.70. The predicted molar refractivity (Wildman–Crippen MR) is 59.1 cm³/mol. The molecule has 0 aromatic rings. The second kappa shape index (κ2) is 5.10. The Morgan fingerprint density at radius 2 is 2.00 bits per heavy atom. The molecule has 1 aliphatic heterocycles. The van der Waals surface area contributed by atoms with Gasteiger partial charge in [0.2, 0.25) is 0 Å². The Balaban J connectivity index is 2.47. The van der Waals surface area contributed by atoms with E-state index in [-0.39, 0.29) is 18.2 Å². The SMILES string of the molecule is CC(N)C1CCCN(C(C)C(C)O)C1. The third kappa shape index (κ3) is 2.94. The van der Waals surface area contributed by atoms with Crippen molar-refractivity contribution in [3.05, 3.63) is 0 Å². The molecular formula is C11H24N2O. The van der Waals surface area contributed by atoms with Gasteiger partial charge in [-0.15, -0.1) is 0 Å². The molecule has 0 aromatic carbocycles. The van der Waals surface area contributed by atoms with Gasteiger partial charge >= 0.3 is 0 Å². The zero-order chi connectivity index (χ0) is 10.7. The molecule has 1 aliphatic rings. The standard InChI is InChI=1S/C11H24N2O/c1-8(12)11-5-4-6-13(7-11)9(2)10(3)14/h8-11,14H,4-7,12H2,1-3H3. The number of aliphatic hydroxyl groups is 1. The van der Waals surface area contributed by atoms with Crippen molar-refractivity contribution in [2.75, 3.05) is 13.1 Å². The van der Waals surface area contributed by atoms with Crippen molar-refractivity contribution in [3.63, 3.8) is 0 Å². The van der Waals surface area contributed by atoms with E-state index in [4.69, 9.17) is 5.73 Å². The Labute approximate surface area is 87.3 Å². The lowest BCUT2D eigenvalue weighted by Gasteiger charge is -2.39. The van der Waals surface area contributed by atoms with E-state index in [1.807, 2.05) is 6.92 Å². The minimum absolute atomic E-state index is 0.248. The normalized spacial score (nSPS) is 31.1. The van der Waals surface area contributed by atoms with E-state index in [2.05, 4.69) is 18.7 Å². The van der Waals surface area contributed by atoms with Gasteiger partial charge in [0.25, 0.3) is 0 Å². The first kappa shape index (κ1) is 12.0. The fraction of sp³-hybridized carbons (Fsp3) is 1.00. The summed E-state index contributed by atoms with van der Waals surface area (Å²) in [6.45, 7) is 8.19. The third-order valence-corrected chi connectivity index (χ3v) is 3.51. The van der Waals surface area contributed by atoms with Gasteiger partial charge in [-0.3, -0.25) is 4.90 Å². The van der Waals surface area contributed by atoms with Gasteiger partial charge in [-0.2, -0.15) is 0 Å². The summed E-state index contributed by atoms with van der Waals surface area (Å²) in [6, 6.07) is 0.538. The summed E-state index contributed by atoms with van der Waals surface area (Å²) in [7, 11) is 0. The predicted octanol–water partition coefficient (Wildman–Crippen LogP) is 0.815. The number of rotatable bonds is 3. The number of nitrogens with zero attached hydrogens (tertiary/aromatic N) is 1. The summed E-state index contributed by atoms with van der Waals surface area (Å²) in [4.78, 5) is 2.36. The van der Waals surface area contributed by atoms with Gasteiger partial charge in [-0.05, 0) is 46.1 Å². The van der Waals surface area contributed by atoms with Crippen LogP contribution in [-0.4, -0.2) is 41.3 Å². The maximum Gasteiger partial charge on any atom is 0.0664 e. The Morgan fingerprint density at radius 1 is 1.36 bits per heavy atom. The highest BCUT2D eigenvalue weighted by atomic mass is 16.3. The highest BCUT2D eigenvalue weighted by molar-refractivity contribution is 4.82. The molecule has 1 fully saturated rings. The Hall–Kier alpha value is -0.120. The monoisotopic (exact) mass is 200 g/mol. The summed E-state index contributed by atoms with van der Waals surface area (Å²) in [6.07, 6.45) is 2.20. The maximum atomic E-state index is 9.53. The Morgan fingerprint density at radius 3 is 2.50 bits per heavy atom. The van der Waals surface area contributed by atoms with Crippen LogP contribution in [0.1, 0.15) is 33.6 Å². The molecule has 1 saturated heterocycles. The Bertz CT molecular complexity index is 165. The fourth-order valence-electron chi connectivity index (χ4n) is 2.14. The number of nitrogens with two attached hydrogens (primary N) is 1. The highest BCUT2D eigenvalue weighted by Gasteiger charge is 2.27. The van der Waals surface area contributed by atoms with Crippen LogP contribution in [0, 0.1) is 5.92 Å². The van der Waals surface area contributed by atoms with Crippen molar-refractivity contribution < 1.29 is 5.11 Å². The lowest BCUT2D eigenvalue weighted by atomic mass is 9.91. The lowest BCUT2D eigenvalue weighted by Crippen LogP contribution is -2.49. The summed E-state index contributed by atoms with van der Waals surface area (Å²) in [5.41, 5.74) is 5.92. The van der Waals surface area contributed by atoms with Crippen LogP contribution in [0.15, 0.2) is 0 Å². The van der Waals surface area contributed by atoms with Gasteiger partial charge in [0.15, 0.2) is 0 Å². The maximum absolute atomic E-state index is 9.53. The quantitative estimate of drug-likeness (QED) is 0.709. The molecule has 3 N–H and O–H groups in total. The average molecular weight is 200 g/mol. The molecule has 0 bridgehead atoms. The van der Waals surface area contributed by atoms with Crippen LogP contribution in [0.5, 0.6) is 0 Å². The Kier molecular flexibility index (Phi) is 4.35. The van der Waals surface area contributed by atoms with Crippen molar-refractivity contribution in [1.82, 2.24) is 4.90 Å². The molecular weight excluding hydrogens is 176 g/mol. The van der Waals surface area contributed by atoms with Crippen LogP contribution < -0.4 is 5.73 Å². The van der Waals surface area contributed by atoms with Crippen LogP contribution in [0.3, 0.4) is 0 Å². The van der Waals surface area contributed by atoms with Crippen molar-refractivity contribution in [3.8, 4) is 0 Å². The number of piperidine rings is 1. The van der Waals surface area contributed by atoms with E-state index < -0.39 is 0 Å². The van der Waals surface area contributed by atoms with Crippen molar-refractivity contribution >= 4 is 0 Å². The van der Waals surface area contributed by atoms with Gasteiger partial charge in [0, 0.05) is 18.6 Å². The van der Waals surface area contributed by atoms with Crippen LogP contribution >= 0.6 is 0 Å². The second-order valence-electron chi connectivity index (χ2n) is 4.74. The molecule has 14 heavy (non-hydrogen) atoms. The average Bonchev–Trinajstić information content (AvgIpc) is 2.16. The number of aliphatic hydroxyl groups excluding tert-OH is 1. The first-order chi connectivity index (χ1) is 6.52. The topological polar surface area (TPSA) is 49.5 Å². The summed E-state index contributed by atoms with van der Waals surface area (Å²) in [5, 5.41) is 9.53. The van der Waals surface area contributed by atoms with Crippen LogP contribution in [-0.2, 0) is 0 Å². The lowest BCUT2D eigenvalue weighted by molar-refractivity contribution is 0.0398. The van der Waals surface area contributed by atoms with Gasteiger partial charge in [0.05, 0.1) is 6.10 Å². The summed E-state index contributed by atoms with van der Waals surface area (Å²) in [5.74, 6) is 0.602. The smallest absolute Gasteiger partial charge is 0.0664 e. The number of likely N-dealkylation sites (tertiary alicyclic amines) is 1. The molecule has 4 unspecified atom stereocenters. The van der Waals surface area contributed by atoms with Gasteiger partial charge < -0.3 is 10.8 Å². The molecule has 3 nitrogen and oxygen atoms in total. The molecule has 0 radical (unpaired) electrons. The van der Waals surface area contributed by atoms with Crippen LogP contribution in [0.4, 0.5) is 0 Å². The largest absolute Gasteiger partial charge is 0.392 e. The molecule has 0 saturated carbocycles. The van der Waals surface area contributed by atoms with E-state index in [1.165, 1.54) is 12.8 Å².